The summed E-state index contributed by atoms with van der Waals surface area (Å²) in [5, 5.41) is 7.68. The molecule has 23 heavy (non-hydrogen) atoms. The molecule has 128 valence electrons. The minimum atomic E-state index is -0.215. The Bertz CT molecular complexity index is 513. The van der Waals surface area contributed by atoms with Gasteiger partial charge in [-0.3, -0.25) is 14.5 Å². The lowest BCUT2D eigenvalue weighted by atomic mass is 9.95. The number of nitrogens with two attached hydrogens (primary N) is 1. The number of guanidine groups is 1. The largest absolute Gasteiger partial charge is 0.370 e. The average molecular weight is 320 g/mol. The Morgan fingerprint density at radius 2 is 2.39 bits per heavy atom. The van der Waals surface area contributed by atoms with Crippen molar-refractivity contribution in [2.45, 2.75) is 32.7 Å². The molecule has 3 N–H and O–H groups in total. The summed E-state index contributed by atoms with van der Waals surface area (Å²) in [6.07, 6.45) is 6.37. The molecular weight excluding hydrogens is 292 g/mol. The first-order chi connectivity index (χ1) is 11.1. The molecule has 0 spiro atoms. The quantitative estimate of drug-likeness (QED) is 0.596. The Morgan fingerprint density at radius 3 is 3.04 bits per heavy atom. The average Bonchev–Trinajstić information content (AvgIpc) is 3.00. The number of hydrogen-bond donors (Lipinski definition) is 2. The van der Waals surface area contributed by atoms with E-state index in [4.69, 9.17) is 5.73 Å². The molecule has 2 heterocycles. The SMILES string of the molecule is CN=C(NCC(C)Cn1cccn1)N1CCCC(CC(N)=O)C1. The number of primary amides is 1. The summed E-state index contributed by atoms with van der Waals surface area (Å²) in [6, 6.07) is 1.94. The zero-order chi connectivity index (χ0) is 16.7. The number of hydrogen-bond acceptors (Lipinski definition) is 3. The van der Waals surface area contributed by atoms with Gasteiger partial charge in [0, 0.05) is 52.0 Å². The van der Waals surface area contributed by atoms with Crippen molar-refractivity contribution < 1.29 is 4.79 Å². The maximum Gasteiger partial charge on any atom is 0.217 e. The van der Waals surface area contributed by atoms with E-state index in [-0.39, 0.29) is 5.91 Å². The first kappa shape index (κ1) is 17.3. The van der Waals surface area contributed by atoms with Gasteiger partial charge in [0.1, 0.15) is 0 Å². The predicted molar refractivity (Wildman–Crippen MR) is 90.9 cm³/mol. The van der Waals surface area contributed by atoms with Crippen LogP contribution in [0, 0.1) is 11.8 Å². The molecule has 1 aliphatic heterocycles. The lowest BCUT2D eigenvalue weighted by Gasteiger charge is -2.35. The van der Waals surface area contributed by atoms with Crippen LogP contribution in [0.2, 0.25) is 0 Å². The zero-order valence-corrected chi connectivity index (χ0v) is 14.1. The van der Waals surface area contributed by atoms with Crippen LogP contribution in [0.25, 0.3) is 0 Å². The molecule has 0 bridgehead atoms. The van der Waals surface area contributed by atoms with Crippen LogP contribution in [0.1, 0.15) is 26.2 Å². The summed E-state index contributed by atoms with van der Waals surface area (Å²) in [6.45, 7) is 5.72. The van der Waals surface area contributed by atoms with Crippen LogP contribution in [-0.2, 0) is 11.3 Å². The van der Waals surface area contributed by atoms with Crippen molar-refractivity contribution >= 4 is 11.9 Å². The van der Waals surface area contributed by atoms with Gasteiger partial charge >= 0.3 is 0 Å². The molecule has 1 aromatic heterocycles. The molecule has 1 aliphatic rings. The maximum atomic E-state index is 11.1. The summed E-state index contributed by atoms with van der Waals surface area (Å²) in [5.41, 5.74) is 5.33. The highest BCUT2D eigenvalue weighted by Gasteiger charge is 2.23. The number of carbonyl (C=O) groups excluding carboxylic acids is 1. The fourth-order valence-corrected chi connectivity index (χ4v) is 3.10. The van der Waals surface area contributed by atoms with E-state index in [0.717, 1.165) is 45.0 Å². The minimum absolute atomic E-state index is 0.215. The third-order valence-electron chi connectivity index (χ3n) is 4.19. The van der Waals surface area contributed by atoms with Gasteiger partial charge in [0.2, 0.25) is 5.91 Å². The number of piperidine rings is 1. The van der Waals surface area contributed by atoms with E-state index < -0.39 is 0 Å². The van der Waals surface area contributed by atoms with Crippen molar-refractivity contribution in [2.75, 3.05) is 26.7 Å². The highest BCUT2D eigenvalue weighted by Crippen LogP contribution is 2.19. The number of aromatic nitrogens is 2. The molecule has 0 aliphatic carbocycles. The zero-order valence-electron chi connectivity index (χ0n) is 14.1. The molecular formula is C16H28N6O. The molecule has 2 rings (SSSR count). The molecule has 1 saturated heterocycles. The molecule has 1 fully saturated rings. The van der Waals surface area contributed by atoms with Gasteiger partial charge in [0.15, 0.2) is 5.96 Å². The molecule has 1 aromatic rings. The van der Waals surface area contributed by atoms with E-state index in [2.05, 4.69) is 27.2 Å². The van der Waals surface area contributed by atoms with E-state index in [1.807, 2.05) is 16.9 Å². The van der Waals surface area contributed by atoms with Crippen molar-refractivity contribution in [1.82, 2.24) is 20.0 Å². The number of likely N-dealkylation sites (tertiary alicyclic amines) is 1. The fraction of sp³-hybridized carbons (Fsp3) is 0.688. The summed E-state index contributed by atoms with van der Waals surface area (Å²) < 4.78 is 1.94. The number of carbonyl (C=O) groups is 1. The fourth-order valence-electron chi connectivity index (χ4n) is 3.10. The smallest absolute Gasteiger partial charge is 0.217 e. The van der Waals surface area contributed by atoms with Crippen LogP contribution >= 0.6 is 0 Å². The van der Waals surface area contributed by atoms with Crippen LogP contribution < -0.4 is 11.1 Å². The van der Waals surface area contributed by atoms with Crippen molar-refractivity contribution in [3.63, 3.8) is 0 Å². The predicted octanol–water partition coefficient (Wildman–Crippen LogP) is 0.682. The molecule has 2 atom stereocenters. The number of nitrogens with zero attached hydrogens (tertiary/aromatic N) is 4. The molecule has 2 unspecified atom stereocenters. The van der Waals surface area contributed by atoms with E-state index >= 15 is 0 Å². The Hall–Kier alpha value is -2.05. The normalized spacial score (nSPS) is 20.3. The van der Waals surface area contributed by atoms with Gasteiger partial charge in [-0.05, 0) is 30.7 Å². The van der Waals surface area contributed by atoms with Crippen molar-refractivity contribution in [3.8, 4) is 0 Å². The highest BCUT2D eigenvalue weighted by atomic mass is 16.1. The Morgan fingerprint density at radius 1 is 1.57 bits per heavy atom. The van der Waals surface area contributed by atoms with Gasteiger partial charge in [0.25, 0.3) is 0 Å². The summed E-state index contributed by atoms with van der Waals surface area (Å²) in [5.74, 6) is 1.47. The summed E-state index contributed by atoms with van der Waals surface area (Å²) in [4.78, 5) is 17.8. The first-order valence-electron chi connectivity index (χ1n) is 8.29. The lowest BCUT2D eigenvalue weighted by Crippen LogP contribution is -2.48. The maximum absolute atomic E-state index is 11.1. The second-order valence-corrected chi connectivity index (χ2v) is 6.39. The molecule has 1 amide bonds. The van der Waals surface area contributed by atoms with Crippen molar-refractivity contribution in [2.24, 2.45) is 22.6 Å². The highest BCUT2D eigenvalue weighted by molar-refractivity contribution is 5.80. The second-order valence-electron chi connectivity index (χ2n) is 6.39. The van der Waals surface area contributed by atoms with Gasteiger partial charge in [-0.2, -0.15) is 5.10 Å². The van der Waals surface area contributed by atoms with E-state index in [0.29, 0.717) is 18.3 Å². The van der Waals surface area contributed by atoms with E-state index in [9.17, 15) is 4.79 Å². The van der Waals surface area contributed by atoms with Crippen LogP contribution in [0.3, 0.4) is 0 Å². The molecule has 0 radical (unpaired) electrons. The van der Waals surface area contributed by atoms with Gasteiger partial charge in [-0.1, -0.05) is 6.92 Å². The number of nitrogens with one attached hydrogen (secondary N) is 1. The van der Waals surface area contributed by atoms with Crippen molar-refractivity contribution in [1.29, 1.82) is 0 Å². The van der Waals surface area contributed by atoms with Gasteiger partial charge in [0.05, 0.1) is 0 Å². The lowest BCUT2D eigenvalue weighted by molar-refractivity contribution is -0.119. The second kappa shape index (κ2) is 8.55. The van der Waals surface area contributed by atoms with Crippen LogP contribution in [0.5, 0.6) is 0 Å². The van der Waals surface area contributed by atoms with E-state index in [1.54, 1.807) is 13.2 Å². The summed E-state index contributed by atoms with van der Waals surface area (Å²) in [7, 11) is 1.80. The standard InChI is InChI=1S/C16H28N6O/c1-13(11-22-8-4-6-20-22)10-19-16(18-2)21-7-3-5-14(12-21)9-15(17)23/h4,6,8,13-14H,3,5,7,9-12H2,1-2H3,(H2,17,23)(H,18,19). The number of rotatable bonds is 6. The van der Waals surface area contributed by atoms with Gasteiger partial charge in [-0.25, -0.2) is 0 Å². The number of aliphatic imine (C=N–C) groups is 1. The third kappa shape index (κ3) is 5.58. The van der Waals surface area contributed by atoms with Crippen LogP contribution in [-0.4, -0.2) is 53.2 Å². The monoisotopic (exact) mass is 320 g/mol. The van der Waals surface area contributed by atoms with Crippen LogP contribution in [0.4, 0.5) is 0 Å². The molecule has 7 nitrogen and oxygen atoms in total. The summed E-state index contributed by atoms with van der Waals surface area (Å²) >= 11 is 0. The Balaban J connectivity index is 1.81. The van der Waals surface area contributed by atoms with Crippen LogP contribution in [0.15, 0.2) is 23.5 Å². The minimum Gasteiger partial charge on any atom is -0.370 e. The topological polar surface area (TPSA) is 88.5 Å². The Kier molecular flexibility index (Phi) is 6.43. The first-order valence-corrected chi connectivity index (χ1v) is 8.29. The Labute approximate surface area is 137 Å². The molecule has 0 saturated carbocycles. The van der Waals surface area contributed by atoms with E-state index in [1.165, 1.54) is 0 Å². The molecule has 7 heteroatoms. The molecule has 0 aromatic carbocycles. The number of amides is 1. The van der Waals surface area contributed by atoms with Gasteiger partial charge < -0.3 is 16.0 Å². The van der Waals surface area contributed by atoms with Gasteiger partial charge in [-0.15, -0.1) is 0 Å². The van der Waals surface area contributed by atoms with Crippen molar-refractivity contribution in [3.05, 3.63) is 18.5 Å². The third-order valence-corrected chi connectivity index (χ3v) is 4.19.